The van der Waals surface area contributed by atoms with Gasteiger partial charge >= 0.3 is 0 Å². The van der Waals surface area contributed by atoms with Crippen LogP contribution in [-0.2, 0) is 11.2 Å². The van der Waals surface area contributed by atoms with Gasteiger partial charge in [0.1, 0.15) is 0 Å². The van der Waals surface area contributed by atoms with Crippen LogP contribution in [0.4, 0.5) is 0 Å². The van der Waals surface area contributed by atoms with Crippen LogP contribution in [0.3, 0.4) is 0 Å². The highest BCUT2D eigenvalue weighted by molar-refractivity contribution is 7.09. The fourth-order valence-electron chi connectivity index (χ4n) is 2.47. The van der Waals surface area contributed by atoms with E-state index in [1.165, 1.54) is 4.88 Å². The fourth-order valence-corrected chi connectivity index (χ4v) is 3.17. The summed E-state index contributed by atoms with van der Waals surface area (Å²) >= 11 is 1.81. The maximum Gasteiger partial charge on any atom is 0.193 e. The minimum Gasteiger partial charge on any atom is -0.374 e. The number of morpholine rings is 1. The lowest BCUT2D eigenvalue weighted by Crippen LogP contribution is -2.43. The van der Waals surface area contributed by atoms with E-state index in [1.807, 2.05) is 11.3 Å². The van der Waals surface area contributed by atoms with Crippen molar-refractivity contribution in [1.29, 1.82) is 0 Å². The van der Waals surface area contributed by atoms with Gasteiger partial charge in [-0.1, -0.05) is 6.07 Å². The molecule has 0 amide bonds. The Bertz CT molecular complexity index is 449. The molecule has 0 saturated carbocycles. The van der Waals surface area contributed by atoms with Crippen LogP contribution >= 0.6 is 11.3 Å². The van der Waals surface area contributed by atoms with Crippen LogP contribution in [-0.4, -0.2) is 75.3 Å². The van der Waals surface area contributed by atoms with Crippen molar-refractivity contribution >= 4 is 17.3 Å². The van der Waals surface area contributed by atoms with Crippen LogP contribution in [0.25, 0.3) is 0 Å². The second-order valence-electron chi connectivity index (χ2n) is 5.70. The average molecular weight is 324 g/mol. The Hall–Kier alpha value is -1.11. The number of nitrogens with zero attached hydrogens (tertiary/aromatic N) is 3. The van der Waals surface area contributed by atoms with E-state index >= 15 is 0 Å². The predicted octanol–water partition coefficient (Wildman–Crippen LogP) is 1.52. The monoisotopic (exact) mass is 324 g/mol. The van der Waals surface area contributed by atoms with Gasteiger partial charge < -0.3 is 19.9 Å². The summed E-state index contributed by atoms with van der Waals surface area (Å²) in [6.07, 6.45) is 1.26. The Morgan fingerprint density at radius 1 is 1.59 bits per heavy atom. The van der Waals surface area contributed by atoms with Gasteiger partial charge in [-0.15, -0.1) is 11.3 Å². The van der Waals surface area contributed by atoms with E-state index < -0.39 is 0 Å². The first-order valence-corrected chi connectivity index (χ1v) is 8.89. The number of hydrogen-bond acceptors (Lipinski definition) is 4. The maximum absolute atomic E-state index is 5.78. The van der Waals surface area contributed by atoms with Crippen molar-refractivity contribution in [3.05, 3.63) is 22.4 Å². The number of hydrogen-bond donors (Lipinski definition) is 1. The van der Waals surface area contributed by atoms with Gasteiger partial charge in [0.25, 0.3) is 0 Å². The highest BCUT2D eigenvalue weighted by Crippen LogP contribution is 2.09. The molecule has 2 heterocycles. The average Bonchev–Trinajstić information content (AvgIpc) is 3.02. The van der Waals surface area contributed by atoms with Gasteiger partial charge in [-0.3, -0.25) is 4.99 Å². The number of aliphatic imine (C=N–C) groups is 1. The molecule has 0 radical (unpaired) electrons. The van der Waals surface area contributed by atoms with Crippen molar-refractivity contribution in [2.45, 2.75) is 19.4 Å². The molecule has 0 bridgehead atoms. The van der Waals surface area contributed by atoms with Crippen LogP contribution < -0.4 is 5.32 Å². The molecule has 0 aliphatic carbocycles. The molecule has 1 unspecified atom stereocenters. The molecule has 124 valence electrons. The predicted molar refractivity (Wildman–Crippen MR) is 93.9 cm³/mol. The second-order valence-corrected chi connectivity index (χ2v) is 6.73. The van der Waals surface area contributed by atoms with Crippen LogP contribution in [0.1, 0.15) is 11.8 Å². The zero-order chi connectivity index (χ0) is 15.8. The second kappa shape index (κ2) is 9.12. The Morgan fingerprint density at radius 3 is 3.14 bits per heavy atom. The Morgan fingerprint density at radius 2 is 2.45 bits per heavy atom. The van der Waals surface area contributed by atoms with Crippen LogP contribution in [0.15, 0.2) is 22.5 Å². The van der Waals surface area contributed by atoms with Crippen molar-refractivity contribution < 1.29 is 4.74 Å². The first kappa shape index (κ1) is 17.2. The van der Waals surface area contributed by atoms with Crippen LogP contribution in [0, 0.1) is 0 Å². The molecule has 6 heteroatoms. The van der Waals surface area contributed by atoms with Gasteiger partial charge in [0.2, 0.25) is 0 Å². The number of rotatable bonds is 6. The zero-order valence-electron chi connectivity index (χ0n) is 13.9. The third kappa shape index (κ3) is 5.59. The van der Waals surface area contributed by atoms with Crippen LogP contribution in [0.2, 0.25) is 0 Å². The Labute approximate surface area is 138 Å². The molecular weight excluding hydrogens is 296 g/mol. The van der Waals surface area contributed by atoms with Crippen molar-refractivity contribution in [3.63, 3.8) is 0 Å². The molecule has 1 atom stereocenters. The van der Waals surface area contributed by atoms with Crippen molar-refractivity contribution in [1.82, 2.24) is 15.1 Å². The molecule has 1 fully saturated rings. The summed E-state index contributed by atoms with van der Waals surface area (Å²) in [4.78, 5) is 10.7. The van der Waals surface area contributed by atoms with Crippen molar-refractivity contribution in [2.75, 3.05) is 53.4 Å². The minimum absolute atomic E-state index is 0.207. The zero-order valence-corrected chi connectivity index (χ0v) is 14.7. The molecule has 22 heavy (non-hydrogen) atoms. The number of likely N-dealkylation sites (N-methyl/N-ethyl adjacent to an activating group) is 2. The van der Waals surface area contributed by atoms with E-state index in [1.54, 1.807) is 0 Å². The number of nitrogens with one attached hydrogen (secondary N) is 1. The molecule has 1 N–H and O–H groups in total. The van der Waals surface area contributed by atoms with Gasteiger partial charge in [-0.05, 0) is 31.8 Å². The third-order valence-corrected chi connectivity index (χ3v) is 4.69. The molecule has 5 nitrogen and oxygen atoms in total. The topological polar surface area (TPSA) is 40.1 Å². The van der Waals surface area contributed by atoms with Gasteiger partial charge in [0.15, 0.2) is 5.96 Å². The summed E-state index contributed by atoms with van der Waals surface area (Å²) in [6.45, 7) is 7.46. The summed E-state index contributed by atoms with van der Waals surface area (Å²) in [6, 6.07) is 4.30. The Kier molecular flexibility index (Phi) is 7.15. The quantitative estimate of drug-likeness (QED) is 0.636. The third-order valence-electron chi connectivity index (χ3n) is 3.76. The van der Waals surface area contributed by atoms with E-state index in [4.69, 9.17) is 9.73 Å². The number of thiophene rings is 1. The van der Waals surface area contributed by atoms with Gasteiger partial charge in [0, 0.05) is 38.1 Å². The van der Waals surface area contributed by atoms with E-state index in [-0.39, 0.29) is 6.10 Å². The molecular formula is C16H28N4OS. The van der Waals surface area contributed by atoms with Crippen molar-refractivity contribution in [2.24, 2.45) is 4.99 Å². The minimum atomic E-state index is 0.207. The summed E-state index contributed by atoms with van der Waals surface area (Å²) in [5.41, 5.74) is 0. The molecule has 0 aromatic carbocycles. The van der Waals surface area contributed by atoms with Gasteiger partial charge in [-0.25, -0.2) is 0 Å². The van der Waals surface area contributed by atoms with Crippen LogP contribution in [0.5, 0.6) is 0 Å². The van der Waals surface area contributed by atoms with E-state index in [0.29, 0.717) is 0 Å². The maximum atomic E-state index is 5.78. The normalized spacial score (nSPS) is 20.1. The van der Waals surface area contributed by atoms with E-state index in [9.17, 15) is 0 Å². The number of ether oxygens (including phenoxy) is 1. The first-order valence-electron chi connectivity index (χ1n) is 8.01. The van der Waals surface area contributed by atoms with E-state index in [2.05, 4.69) is 53.6 Å². The molecule has 1 saturated heterocycles. The number of guanidine groups is 1. The molecule has 1 aromatic heterocycles. The fraction of sp³-hybridized carbons (Fsp3) is 0.688. The molecule has 1 aliphatic heterocycles. The van der Waals surface area contributed by atoms with E-state index in [0.717, 1.165) is 51.7 Å². The van der Waals surface area contributed by atoms with Gasteiger partial charge in [0.05, 0.1) is 19.3 Å². The highest BCUT2D eigenvalue weighted by Gasteiger charge is 2.17. The largest absolute Gasteiger partial charge is 0.374 e. The lowest BCUT2D eigenvalue weighted by Gasteiger charge is -2.29. The summed E-state index contributed by atoms with van der Waals surface area (Å²) in [5, 5.41) is 5.50. The smallest absolute Gasteiger partial charge is 0.193 e. The lowest BCUT2D eigenvalue weighted by atomic mass is 10.3. The molecule has 2 rings (SSSR count). The standard InChI is InChI=1S/C16H28N4OS/c1-4-17-16(18-12-14-13-19(2)9-10-21-14)20(3)8-7-15-6-5-11-22-15/h5-6,11,14H,4,7-10,12-13H2,1-3H3,(H,17,18). The summed E-state index contributed by atoms with van der Waals surface area (Å²) in [5.74, 6) is 0.968. The molecule has 0 spiro atoms. The van der Waals surface area contributed by atoms with Gasteiger partial charge in [-0.2, -0.15) is 0 Å². The SMILES string of the molecule is CCNC(=NCC1CN(C)CCO1)N(C)CCc1cccs1. The van der Waals surface area contributed by atoms with Crippen molar-refractivity contribution in [3.8, 4) is 0 Å². The summed E-state index contributed by atoms with van der Waals surface area (Å²) < 4.78 is 5.78. The molecule has 1 aromatic rings. The first-order chi connectivity index (χ1) is 10.7. The molecule has 1 aliphatic rings. The Balaban J connectivity index is 1.85. The summed E-state index contributed by atoms with van der Waals surface area (Å²) in [7, 11) is 4.24. The highest BCUT2D eigenvalue weighted by atomic mass is 32.1. The lowest BCUT2D eigenvalue weighted by molar-refractivity contribution is -0.0137.